The topological polar surface area (TPSA) is 87.3 Å². The second-order valence-corrected chi connectivity index (χ2v) is 7.34. The number of methoxy groups -OCH3 is 1. The van der Waals surface area contributed by atoms with Crippen LogP contribution in [0.5, 0.6) is 5.75 Å². The van der Waals surface area contributed by atoms with Crippen molar-refractivity contribution in [1.29, 1.82) is 0 Å². The first-order valence-corrected chi connectivity index (χ1v) is 10.1. The van der Waals surface area contributed by atoms with Crippen molar-refractivity contribution in [2.75, 3.05) is 7.11 Å². The van der Waals surface area contributed by atoms with Gasteiger partial charge in [-0.25, -0.2) is 4.98 Å². The average Bonchev–Trinajstić information content (AvgIpc) is 2.78. The summed E-state index contributed by atoms with van der Waals surface area (Å²) in [6, 6.07) is 20.9. The number of aromatic nitrogens is 2. The third-order valence-electron chi connectivity index (χ3n) is 4.62. The lowest BCUT2D eigenvalue weighted by Gasteiger charge is -2.15. The molecule has 0 unspecified atom stereocenters. The van der Waals surface area contributed by atoms with Crippen LogP contribution in [0.15, 0.2) is 82.7 Å². The number of ether oxygens (including phenoxy) is 1. The molecule has 4 aromatic rings. The van der Waals surface area contributed by atoms with E-state index < -0.39 is 4.92 Å². The molecule has 0 fully saturated rings. The molecule has 150 valence electrons. The van der Waals surface area contributed by atoms with Gasteiger partial charge in [-0.1, -0.05) is 54.2 Å². The number of hydrogen-bond acceptors (Lipinski definition) is 6. The zero-order chi connectivity index (χ0) is 21.1. The quantitative estimate of drug-likeness (QED) is 0.197. The smallest absolute Gasteiger partial charge is 0.273 e. The van der Waals surface area contributed by atoms with E-state index in [1.165, 1.54) is 22.4 Å². The predicted octanol–water partition coefficient (Wildman–Crippen LogP) is 4.59. The monoisotopic (exact) mass is 419 g/mol. The third-order valence-corrected chi connectivity index (χ3v) is 5.60. The molecule has 0 saturated carbocycles. The Morgan fingerprint density at radius 1 is 1.03 bits per heavy atom. The van der Waals surface area contributed by atoms with Crippen LogP contribution >= 0.6 is 11.8 Å². The van der Waals surface area contributed by atoms with Crippen LogP contribution in [-0.2, 0) is 5.75 Å². The molecular weight excluding hydrogens is 402 g/mol. The first-order chi connectivity index (χ1) is 14.6. The molecule has 4 rings (SSSR count). The van der Waals surface area contributed by atoms with Gasteiger partial charge in [-0.2, -0.15) is 0 Å². The van der Waals surface area contributed by atoms with Crippen LogP contribution in [0.3, 0.4) is 0 Å². The summed E-state index contributed by atoms with van der Waals surface area (Å²) in [4.78, 5) is 29.0. The highest BCUT2D eigenvalue weighted by Gasteiger charge is 2.18. The van der Waals surface area contributed by atoms with Crippen molar-refractivity contribution >= 4 is 28.4 Å². The zero-order valence-corrected chi connectivity index (χ0v) is 16.8. The minimum Gasteiger partial charge on any atom is -0.495 e. The van der Waals surface area contributed by atoms with Crippen LogP contribution in [0, 0.1) is 10.1 Å². The number of thioether (sulfide) groups is 1. The Bertz CT molecular complexity index is 1300. The lowest BCUT2D eigenvalue weighted by molar-refractivity contribution is -0.385. The van der Waals surface area contributed by atoms with E-state index in [0.717, 1.165) is 0 Å². The summed E-state index contributed by atoms with van der Waals surface area (Å²) in [7, 11) is 1.54. The first-order valence-electron chi connectivity index (χ1n) is 9.10. The molecule has 0 bridgehead atoms. The number of hydrogen-bond donors (Lipinski definition) is 0. The molecule has 3 aromatic carbocycles. The number of nitro benzene ring substituents is 1. The van der Waals surface area contributed by atoms with Crippen LogP contribution in [0.4, 0.5) is 5.69 Å². The van der Waals surface area contributed by atoms with E-state index in [0.29, 0.717) is 33.1 Å². The van der Waals surface area contributed by atoms with Gasteiger partial charge in [0.2, 0.25) is 0 Å². The molecule has 7 nitrogen and oxygen atoms in total. The summed E-state index contributed by atoms with van der Waals surface area (Å²) < 4.78 is 6.95. The van der Waals surface area contributed by atoms with Gasteiger partial charge in [-0.05, 0) is 24.3 Å². The van der Waals surface area contributed by atoms with Crippen molar-refractivity contribution in [3.8, 4) is 11.4 Å². The van der Waals surface area contributed by atoms with Crippen LogP contribution in [-0.4, -0.2) is 21.6 Å². The maximum Gasteiger partial charge on any atom is 0.273 e. The Hall–Kier alpha value is -3.65. The van der Waals surface area contributed by atoms with Crippen molar-refractivity contribution in [3.05, 3.63) is 98.8 Å². The van der Waals surface area contributed by atoms with Gasteiger partial charge in [0.1, 0.15) is 5.75 Å². The van der Waals surface area contributed by atoms with Gasteiger partial charge in [-0.3, -0.25) is 19.5 Å². The Morgan fingerprint density at radius 3 is 2.53 bits per heavy atom. The standard InChI is InChI=1S/C22H17N3O4S/c1-29-20-13-7-6-12-19(20)24-21(26)16-9-3-4-10-17(16)23-22(24)30-14-15-8-2-5-11-18(15)25(27)28/h2-13H,14H2,1H3. The fourth-order valence-corrected chi connectivity index (χ4v) is 4.19. The minimum absolute atomic E-state index is 0.0389. The normalized spacial score (nSPS) is 10.8. The Balaban J connectivity index is 1.87. The molecular formula is C22H17N3O4S. The first kappa shape index (κ1) is 19.7. The third kappa shape index (κ3) is 3.65. The average molecular weight is 419 g/mol. The molecule has 0 aliphatic carbocycles. The van der Waals surface area contributed by atoms with Gasteiger partial charge in [0.05, 0.1) is 28.6 Å². The van der Waals surface area contributed by atoms with Crippen molar-refractivity contribution in [2.45, 2.75) is 10.9 Å². The van der Waals surface area contributed by atoms with E-state index in [-0.39, 0.29) is 17.0 Å². The summed E-state index contributed by atoms with van der Waals surface area (Å²) in [6.45, 7) is 0. The van der Waals surface area contributed by atoms with E-state index in [2.05, 4.69) is 4.98 Å². The van der Waals surface area contributed by atoms with Crippen LogP contribution in [0.25, 0.3) is 16.6 Å². The number of benzene rings is 3. The highest BCUT2D eigenvalue weighted by molar-refractivity contribution is 7.98. The van der Waals surface area contributed by atoms with Gasteiger partial charge in [-0.15, -0.1) is 0 Å². The summed E-state index contributed by atoms with van der Waals surface area (Å²) in [5.74, 6) is 0.820. The summed E-state index contributed by atoms with van der Waals surface area (Å²) in [6.07, 6.45) is 0. The van der Waals surface area contributed by atoms with Gasteiger partial charge in [0.15, 0.2) is 5.16 Å². The van der Waals surface area contributed by atoms with Crippen molar-refractivity contribution in [2.24, 2.45) is 0 Å². The molecule has 0 N–H and O–H groups in total. The van der Waals surface area contributed by atoms with Gasteiger partial charge < -0.3 is 4.74 Å². The second-order valence-electron chi connectivity index (χ2n) is 6.40. The molecule has 0 radical (unpaired) electrons. The second kappa shape index (κ2) is 8.38. The highest BCUT2D eigenvalue weighted by Crippen LogP contribution is 2.30. The SMILES string of the molecule is COc1ccccc1-n1c(SCc2ccccc2[N+](=O)[O-])nc2ccccc2c1=O. The summed E-state index contributed by atoms with van der Waals surface area (Å²) >= 11 is 1.27. The van der Waals surface area contributed by atoms with E-state index in [1.807, 2.05) is 18.2 Å². The van der Waals surface area contributed by atoms with E-state index >= 15 is 0 Å². The van der Waals surface area contributed by atoms with Gasteiger partial charge in [0, 0.05) is 17.4 Å². The van der Waals surface area contributed by atoms with Crippen molar-refractivity contribution < 1.29 is 9.66 Å². The van der Waals surface area contributed by atoms with Crippen molar-refractivity contribution in [1.82, 2.24) is 9.55 Å². The molecule has 0 atom stereocenters. The molecule has 8 heteroatoms. The maximum absolute atomic E-state index is 13.4. The number of fused-ring (bicyclic) bond motifs is 1. The number of nitrogens with zero attached hydrogens (tertiary/aromatic N) is 3. The Labute approximate surface area is 176 Å². The largest absolute Gasteiger partial charge is 0.495 e. The summed E-state index contributed by atoms with van der Waals surface area (Å²) in [5, 5.41) is 12.3. The molecule has 1 aromatic heterocycles. The highest BCUT2D eigenvalue weighted by atomic mass is 32.2. The van der Waals surface area contributed by atoms with Crippen LogP contribution in [0.1, 0.15) is 5.56 Å². The fourth-order valence-electron chi connectivity index (χ4n) is 3.19. The van der Waals surface area contributed by atoms with Crippen LogP contribution < -0.4 is 10.3 Å². The lowest BCUT2D eigenvalue weighted by atomic mass is 10.2. The molecule has 0 spiro atoms. The van der Waals surface area contributed by atoms with E-state index in [9.17, 15) is 14.9 Å². The maximum atomic E-state index is 13.4. The fraction of sp³-hybridized carbons (Fsp3) is 0.0909. The van der Waals surface area contributed by atoms with Crippen molar-refractivity contribution in [3.63, 3.8) is 0 Å². The van der Waals surface area contributed by atoms with Crippen LogP contribution in [0.2, 0.25) is 0 Å². The van der Waals surface area contributed by atoms with Gasteiger partial charge in [0.25, 0.3) is 11.2 Å². The minimum atomic E-state index is -0.406. The summed E-state index contributed by atoms with van der Waals surface area (Å²) in [5.41, 5.74) is 1.50. The van der Waals surface area contributed by atoms with E-state index in [4.69, 9.17) is 4.74 Å². The molecule has 0 aliphatic rings. The number of rotatable bonds is 6. The Kier molecular flexibility index (Phi) is 5.49. The predicted molar refractivity (Wildman–Crippen MR) is 117 cm³/mol. The Morgan fingerprint density at radius 2 is 1.73 bits per heavy atom. The zero-order valence-electron chi connectivity index (χ0n) is 16.0. The molecule has 0 amide bonds. The van der Waals surface area contributed by atoms with Gasteiger partial charge >= 0.3 is 0 Å². The molecule has 0 saturated heterocycles. The lowest BCUT2D eigenvalue weighted by Crippen LogP contribution is -2.22. The molecule has 1 heterocycles. The molecule has 0 aliphatic heterocycles. The number of nitro groups is 1. The number of para-hydroxylation sites is 4. The van der Waals surface area contributed by atoms with E-state index in [1.54, 1.807) is 55.6 Å². The molecule has 30 heavy (non-hydrogen) atoms.